The van der Waals surface area contributed by atoms with Gasteiger partial charge >= 0.3 is 0 Å². The molecule has 0 unspecified atom stereocenters. The summed E-state index contributed by atoms with van der Waals surface area (Å²) < 4.78 is 76.2. The highest BCUT2D eigenvalue weighted by atomic mass is 32.2. The first-order valence-electron chi connectivity index (χ1n) is 18.9. The van der Waals surface area contributed by atoms with Gasteiger partial charge in [0, 0.05) is 30.9 Å². The average Bonchev–Trinajstić information content (AvgIpc) is 3.86. The van der Waals surface area contributed by atoms with Crippen LogP contribution >= 0.6 is 11.3 Å². The Morgan fingerprint density at radius 3 is 1.86 bits per heavy atom. The lowest BCUT2D eigenvalue weighted by molar-refractivity contribution is -0.135. The van der Waals surface area contributed by atoms with Crippen molar-refractivity contribution >= 4 is 43.2 Å². The fourth-order valence-electron chi connectivity index (χ4n) is 5.14. The maximum Gasteiger partial charge on any atom is 0.260 e. The molecule has 1 aliphatic heterocycles. The third-order valence-corrected chi connectivity index (χ3v) is 11.0. The molecule has 0 N–H and O–H groups in total. The number of hydrogen-bond donors (Lipinski definition) is 0. The molecule has 4 aromatic rings. The van der Waals surface area contributed by atoms with Crippen molar-refractivity contribution in [1.29, 1.82) is 0 Å². The van der Waals surface area contributed by atoms with Gasteiger partial charge in [-0.3, -0.25) is 14.5 Å². The molecule has 0 bridgehead atoms. The lowest BCUT2D eigenvalue weighted by Gasteiger charge is -2.28. The minimum absolute atomic E-state index is 0.0934. The summed E-state index contributed by atoms with van der Waals surface area (Å²) in [5.74, 6) is 0.215. The molecule has 3 heterocycles. The third-order valence-electron chi connectivity index (χ3n) is 8.25. The minimum Gasteiger partial charge on any atom is -0.491 e. The van der Waals surface area contributed by atoms with Crippen molar-refractivity contribution < 1.29 is 60.6 Å². The van der Waals surface area contributed by atoms with Gasteiger partial charge in [-0.25, -0.2) is 18.1 Å². The number of hydrogen-bond acceptors (Lipinski definition) is 17. The van der Waals surface area contributed by atoms with Crippen LogP contribution in [0.25, 0.3) is 10.2 Å². The summed E-state index contributed by atoms with van der Waals surface area (Å²) in [5, 5.41) is 8.21. The topological polar surface area (TPSA) is 198 Å². The first-order valence-corrected chi connectivity index (χ1v) is 21.6. The zero-order valence-corrected chi connectivity index (χ0v) is 34.3. The average molecular weight is 850 g/mol. The van der Waals surface area contributed by atoms with Crippen LogP contribution in [-0.4, -0.2) is 157 Å². The predicted octanol–water partition coefficient (Wildman–Crippen LogP) is 2.58. The molecule has 18 nitrogen and oxygen atoms in total. The Hall–Kier alpha value is -3.96. The van der Waals surface area contributed by atoms with E-state index in [2.05, 4.69) is 15.3 Å². The SMILES string of the molecule is CS(=O)(=O)c1nc2cc(OCCOCCOCCOCCn3cc(COCCOCCOCCOCCOCc4ccc(C(=O)N5CCC5=O)cc4)nn3)ccc2s1. The Kier molecular flexibility index (Phi) is 19.3. The van der Waals surface area contributed by atoms with Crippen LogP contribution in [-0.2, 0) is 72.3 Å². The van der Waals surface area contributed by atoms with Gasteiger partial charge in [-0.05, 0) is 29.8 Å². The molecule has 2 aromatic carbocycles. The van der Waals surface area contributed by atoms with Crippen LogP contribution in [0.4, 0.5) is 0 Å². The second-order valence-corrected chi connectivity index (χ2v) is 16.0. The number of benzene rings is 2. The molecular weight excluding hydrogens is 799 g/mol. The van der Waals surface area contributed by atoms with Gasteiger partial charge in [-0.15, -0.1) is 16.4 Å². The Morgan fingerprint density at radius 2 is 1.29 bits per heavy atom. The molecule has 1 saturated heterocycles. The quantitative estimate of drug-likeness (QED) is 0.0407. The molecule has 0 aliphatic carbocycles. The number of carbonyl (C=O) groups excluding carboxylic acids is 2. The summed E-state index contributed by atoms with van der Waals surface area (Å²) in [5.41, 5.74) is 2.74. The minimum atomic E-state index is -3.34. The van der Waals surface area contributed by atoms with Gasteiger partial charge in [-0.2, -0.15) is 0 Å². The fraction of sp³-hybridized carbons (Fsp3) is 0.553. The Morgan fingerprint density at radius 1 is 0.724 bits per heavy atom. The summed E-state index contributed by atoms with van der Waals surface area (Å²) in [6, 6.07) is 12.4. The van der Waals surface area contributed by atoms with Crippen LogP contribution in [0, 0.1) is 0 Å². The van der Waals surface area contributed by atoms with Gasteiger partial charge < -0.3 is 42.6 Å². The lowest BCUT2D eigenvalue weighted by atomic mass is 10.1. The summed E-state index contributed by atoms with van der Waals surface area (Å²) in [7, 11) is -3.34. The molecule has 0 atom stereocenters. The van der Waals surface area contributed by atoms with E-state index in [9.17, 15) is 18.0 Å². The van der Waals surface area contributed by atoms with E-state index < -0.39 is 9.84 Å². The highest BCUT2D eigenvalue weighted by Gasteiger charge is 2.30. The molecule has 1 fully saturated rings. The summed E-state index contributed by atoms with van der Waals surface area (Å²) in [6.07, 6.45) is 3.40. The van der Waals surface area contributed by atoms with Crippen molar-refractivity contribution in [2.24, 2.45) is 0 Å². The number of aromatic nitrogens is 4. The molecule has 2 amide bonds. The monoisotopic (exact) mass is 849 g/mol. The van der Waals surface area contributed by atoms with Crippen LogP contribution < -0.4 is 4.74 Å². The predicted molar refractivity (Wildman–Crippen MR) is 210 cm³/mol. The standard InChI is InChI=1S/C38H51N5O13S2/c1-58(46,47)38-39-34-26-33(6-7-35(34)57-38)56-25-24-53-19-18-49-13-12-48-11-10-42-27-32(40-41-42)29-55-23-21-52-17-15-50-14-16-51-20-22-54-28-30-2-4-31(5-3-30)37(45)43-9-8-36(43)44/h2-7,26-27H,8-25,28-29H2,1H3. The largest absolute Gasteiger partial charge is 0.491 e. The Labute approximate surface area is 341 Å². The molecule has 58 heavy (non-hydrogen) atoms. The second kappa shape index (κ2) is 24.8. The van der Waals surface area contributed by atoms with E-state index in [1.54, 1.807) is 35.0 Å². The maximum absolute atomic E-state index is 12.2. The molecule has 0 radical (unpaired) electrons. The number of nitrogens with zero attached hydrogens (tertiary/aromatic N) is 5. The van der Waals surface area contributed by atoms with Crippen LogP contribution in [0.15, 0.2) is 53.0 Å². The van der Waals surface area contributed by atoms with Gasteiger partial charge in [0.1, 0.15) is 18.1 Å². The molecule has 1 aliphatic rings. The number of carbonyl (C=O) groups is 2. The van der Waals surface area contributed by atoms with Crippen molar-refractivity contribution in [3.63, 3.8) is 0 Å². The number of imide groups is 1. The van der Waals surface area contributed by atoms with Crippen molar-refractivity contribution in [2.45, 2.75) is 30.5 Å². The molecule has 0 spiro atoms. The molecule has 2 aromatic heterocycles. The van der Waals surface area contributed by atoms with Gasteiger partial charge in [0.15, 0.2) is 0 Å². The van der Waals surface area contributed by atoms with E-state index in [-0.39, 0.29) is 16.2 Å². The third kappa shape index (κ3) is 16.0. The first-order chi connectivity index (χ1) is 28.3. The molecule has 0 saturated carbocycles. The summed E-state index contributed by atoms with van der Waals surface area (Å²) in [4.78, 5) is 29.1. The Balaban J connectivity index is 0.739. The molecule has 5 rings (SSSR count). The number of rotatable bonds is 31. The zero-order chi connectivity index (χ0) is 40.8. The van der Waals surface area contributed by atoms with E-state index in [4.69, 9.17) is 42.6 Å². The fourth-order valence-corrected chi connectivity index (χ4v) is 6.96. The van der Waals surface area contributed by atoms with Crippen LogP contribution in [0.1, 0.15) is 28.0 Å². The molecule has 20 heteroatoms. The lowest BCUT2D eigenvalue weighted by Crippen LogP contribution is -2.47. The van der Waals surface area contributed by atoms with Crippen molar-refractivity contribution in [3.05, 3.63) is 65.5 Å². The van der Waals surface area contributed by atoms with Crippen LogP contribution in [0.2, 0.25) is 0 Å². The van der Waals surface area contributed by atoms with Gasteiger partial charge in [-0.1, -0.05) is 17.3 Å². The summed E-state index contributed by atoms with van der Waals surface area (Å²) >= 11 is 1.14. The Bertz CT molecular complexity index is 1940. The number of β-lactam (4-membered cyclic amide) rings is 1. The highest BCUT2D eigenvalue weighted by molar-refractivity contribution is 7.92. The zero-order valence-electron chi connectivity index (χ0n) is 32.6. The van der Waals surface area contributed by atoms with E-state index in [0.717, 1.165) is 33.5 Å². The van der Waals surface area contributed by atoms with Gasteiger partial charge in [0.05, 0.1) is 129 Å². The van der Waals surface area contributed by atoms with E-state index in [0.29, 0.717) is 149 Å². The van der Waals surface area contributed by atoms with Crippen molar-refractivity contribution in [2.75, 3.05) is 112 Å². The maximum atomic E-state index is 12.2. The van der Waals surface area contributed by atoms with E-state index >= 15 is 0 Å². The van der Waals surface area contributed by atoms with Crippen molar-refractivity contribution in [3.8, 4) is 5.75 Å². The number of amides is 2. The number of likely N-dealkylation sites (tertiary alicyclic amines) is 1. The highest BCUT2D eigenvalue weighted by Crippen LogP contribution is 2.28. The first kappa shape index (κ1) is 45.1. The number of thiazole rings is 1. The number of sulfone groups is 1. The number of fused-ring (bicyclic) bond motifs is 1. The van der Waals surface area contributed by atoms with Gasteiger partial charge in [0.2, 0.25) is 20.1 Å². The number of ether oxygens (including phenoxy) is 9. The van der Waals surface area contributed by atoms with Crippen LogP contribution in [0.5, 0.6) is 5.75 Å². The second-order valence-electron chi connectivity index (χ2n) is 12.8. The van der Waals surface area contributed by atoms with Gasteiger partial charge in [0.25, 0.3) is 5.91 Å². The van der Waals surface area contributed by atoms with E-state index in [1.165, 1.54) is 4.90 Å². The summed E-state index contributed by atoms with van der Waals surface area (Å²) in [6.45, 7) is 8.21. The molecular formula is C38H51N5O13S2. The van der Waals surface area contributed by atoms with Crippen LogP contribution in [0.3, 0.4) is 0 Å². The normalized spacial score (nSPS) is 13.1. The molecule has 318 valence electrons. The van der Waals surface area contributed by atoms with E-state index in [1.807, 2.05) is 18.3 Å². The smallest absolute Gasteiger partial charge is 0.260 e. The van der Waals surface area contributed by atoms with Crippen molar-refractivity contribution in [1.82, 2.24) is 24.9 Å².